The lowest BCUT2D eigenvalue weighted by Gasteiger charge is -2.17. The van der Waals surface area contributed by atoms with Gasteiger partial charge in [0.1, 0.15) is 5.65 Å². The van der Waals surface area contributed by atoms with Crippen molar-refractivity contribution in [1.82, 2.24) is 19.5 Å². The predicted octanol–water partition coefficient (Wildman–Crippen LogP) is 4.32. The maximum Gasteiger partial charge on any atom is 0.235 e. The van der Waals surface area contributed by atoms with Crippen molar-refractivity contribution in [3.8, 4) is 22.3 Å². The fourth-order valence-corrected chi connectivity index (χ4v) is 6.02. The van der Waals surface area contributed by atoms with E-state index < -0.39 is 10.0 Å². The van der Waals surface area contributed by atoms with Gasteiger partial charge in [0, 0.05) is 42.5 Å². The second-order valence-corrected chi connectivity index (χ2v) is 10.2. The Kier molecular flexibility index (Phi) is 4.13. The Balaban J connectivity index is 1.45. The van der Waals surface area contributed by atoms with Gasteiger partial charge in [-0.25, -0.2) is 18.4 Å². The zero-order chi connectivity index (χ0) is 21.9. The topological polar surface area (TPSA) is 83.9 Å². The first-order valence-electron chi connectivity index (χ1n) is 10.5. The number of pyridine rings is 1. The van der Waals surface area contributed by atoms with Crippen LogP contribution in [0, 0.1) is 0 Å². The quantitative estimate of drug-likeness (QED) is 0.450. The van der Waals surface area contributed by atoms with E-state index >= 15 is 0 Å². The van der Waals surface area contributed by atoms with Crippen LogP contribution in [0.2, 0.25) is 0 Å². The molecule has 0 radical (unpaired) electrons. The van der Waals surface area contributed by atoms with Gasteiger partial charge in [-0.2, -0.15) is 0 Å². The molecular weight excluding hydrogens is 422 g/mol. The molecule has 1 saturated heterocycles. The molecule has 1 aliphatic heterocycles. The molecule has 2 aromatic carbocycles. The van der Waals surface area contributed by atoms with Crippen molar-refractivity contribution in [2.45, 2.75) is 6.42 Å². The van der Waals surface area contributed by atoms with Crippen molar-refractivity contribution in [2.75, 3.05) is 16.6 Å². The van der Waals surface area contributed by atoms with Gasteiger partial charge in [0.15, 0.2) is 0 Å². The van der Waals surface area contributed by atoms with Crippen LogP contribution in [0.3, 0.4) is 0 Å². The van der Waals surface area contributed by atoms with E-state index in [2.05, 4.69) is 33.2 Å². The molecule has 3 aromatic heterocycles. The molecule has 5 aromatic rings. The molecule has 0 spiro atoms. The summed E-state index contributed by atoms with van der Waals surface area (Å²) in [6.45, 7) is 0.529. The first-order chi connectivity index (χ1) is 15.5. The number of benzene rings is 2. The summed E-state index contributed by atoms with van der Waals surface area (Å²) >= 11 is 0. The minimum absolute atomic E-state index is 0.207. The predicted molar refractivity (Wildman–Crippen MR) is 127 cm³/mol. The van der Waals surface area contributed by atoms with Gasteiger partial charge in [0.2, 0.25) is 10.0 Å². The minimum Gasteiger partial charge on any atom is -0.346 e. The summed E-state index contributed by atoms with van der Waals surface area (Å²) in [5.41, 5.74) is 7.58. The van der Waals surface area contributed by atoms with Crippen LogP contribution in [-0.2, 0) is 17.1 Å². The van der Waals surface area contributed by atoms with Gasteiger partial charge in [-0.05, 0) is 47.9 Å². The Labute approximate surface area is 185 Å². The summed E-state index contributed by atoms with van der Waals surface area (Å²) in [6, 6.07) is 16.0. The number of sulfonamides is 1. The number of aromatic amines is 1. The Morgan fingerprint density at radius 1 is 1.00 bits per heavy atom. The Morgan fingerprint density at radius 2 is 1.91 bits per heavy atom. The van der Waals surface area contributed by atoms with Crippen molar-refractivity contribution in [2.24, 2.45) is 7.05 Å². The van der Waals surface area contributed by atoms with Crippen molar-refractivity contribution >= 4 is 37.8 Å². The molecule has 160 valence electrons. The monoisotopic (exact) mass is 443 g/mol. The van der Waals surface area contributed by atoms with E-state index in [1.165, 1.54) is 4.31 Å². The summed E-state index contributed by atoms with van der Waals surface area (Å²) in [6.07, 6.45) is 6.28. The van der Waals surface area contributed by atoms with Crippen LogP contribution in [-0.4, -0.2) is 40.2 Å². The highest BCUT2D eigenvalue weighted by atomic mass is 32.2. The van der Waals surface area contributed by atoms with Crippen LogP contribution in [0.1, 0.15) is 6.42 Å². The number of fused-ring (bicyclic) bond motifs is 2. The van der Waals surface area contributed by atoms with E-state index in [0.29, 0.717) is 18.7 Å². The van der Waals surface area contributed by atoms with Gasteiger partial charge in [-0.1, -0.05) is 18.2 Å². The first-order valence-corrected chi connectivity index (χ1v) is 12.1. The third kappa shape index (κ3) is 2.98. The highest BCUT2D eigenvalue weighted by Crippen LogP contribution is 2.34. The van der Waals surface area contributed by atoms with Crippen molar-refractivity contribution < 1.29 is 8.42 Å². The number of anilines is 1. The molecule has 8 heteroatoms. The highest BCUT2D eigenvalue weighted by Gasteiger charge is 2.28. The molecule has 6 rings (SSSR count). The van der Waals surface area contributed by atoms with Crippen molar-refractivity contribution in [3.05, 3.63) is 67.3 Å². The molecule has 4 heterocycles. The number of imidazole rings is 1. The normalized spacial score (nSPS) is 15.7. The summed E-state index contributed by atoms with van der Waals surface area (Å²) < 4.78 is 28.2. The second kappa shape index (κ2) is 6.93. The average Bonchev–Trinajstić information content (AvgIpc) is 3.49. The summed E-state index contributed by atoms with van der Waals surface area (Å²) in [5.74, 6) is 0.207. The lowest BCUT2D eigenvalue weighted by molar-refractivity contribution is 0.599. The fourth-order valence-electron chi connectivity index (χ4n) is 4.46. The van der Waals surface area contributed by atoms with E-state index in [1.807, 2.05) is 60.7 Å². The molecule has 0 aliphatic carbocycles. The van der Waals surface area contributed by atoms with E-state index in [1.54, 1.807) is 0 Å². The molecular formula is C24H21N5O2S. The summed E-state index contributed by atoms with van der Waals surface area (Å²) in [5, 5.41) is 1.02. The minimum atomic E-state index is -3.22. The number of hydrogen-bond acceptors (Lipinski definition) is 4. The molecule has 0 bridgehead atoms. The van der Waals surface area contributed by atoms with Gasteiger partial charge in [0.05, 0.1) is 28.8 Å². The number of aromatic nitrogens is 4. The van der Waals surface area contributed by atoms with Crippen LogP contribution in [0.25, 0.3) is 44.3 Å². The third-order valence-electron chi connectivity index (χ3n) is 6.13. The Bertz CT molecular complexity index is 1600. The zero-order valence-corrected chi connectivity index (χ0v) is 18.3. The molecule has 32 heavy (non-hydrogen) atoms. The van der Waals surface area contributed by atoms with Crippen molar-refractivity contribution in [1.29, 1.82) is 0 Å². The van der Waals surface area contributed by atoms with Gasteiger partial charge in [-0.3, -0.25) is 4.31 Å². The Morgan fingerprint density at radius 3 is 2.75 bits per heavy atom. The SMILES string of the molecule is Cn1cnc2ccc(-c3c[nH]c4ncc(-c5cccc(N6CCCS6(=O)=O)c5)cc34)cc21. The maximum absolute atomic E-state index is 12.4. The molecule has 0 unspecified atom stereocenters. The molecule has 0 amide bonds. The van der Waals surface area contributed by atoms with E-state index in [4.69, 9.17) is 0 Å². The highest BCUT2D eigenvalue weighted by molar-refractivity contribution is 7.93. The molecule has 0 saturated carbocycles. The van der Waals surface area contributed by atoms with Crippen LogP contribution in [0.4, 0.5) is 5.69 Å². The fraction of sp³-hybridized carbons (Fsp3) is 0.167. The van der Waals surface area contributed by atoms with Crippen LogP contribution < -0.4 is 4.31 Å². The summed E-state index contributed by atoms with van der Waals surface area (Å²) in [7, 11) is -1.23. The first kappa shape index (κ1) is 19.1. The lowest BCUT2D eigenvalue weighted by atomic mass is 10.0. The van der Waals surface area contributed by atoms with Gasteiger partial charge in [-0.15, -0.1) is 0 Å². The lowest BCUT2D eigenvalue weighted by Crippen LogP contribution is -2.24. The van der Waals surface area contributed by atoms with Gasteiger partial charge >= 0.3 is 0 Å². The van der Waals surface area contributed by atoms with Crippen LogP contribution in [0.15, 0.2) is 67.3 Å². The molecule has 1 aliphatic rings. The number of nitrogens with one attached hydrogen (secondary N) is 1. The Hall–Kier alpha value is -3.65. The molecule has 1 N–H and O–H groups in total. The number of nitrogens with zero attached hydrogens (tertiary/aromatic N) is 4. The van der Waals surface area contributed by atoms with Gasteiger partial charge in [0.25, 0.3) is 0 Å². The summed E-state index contributed by atoms with van der Waals surface area (Å²) in [4.78, 5) is 12.3. The smallest absolute Gasteiger partial charge is 0.235 e. The molecule has 7 nitrogen and oxygen atoms in total. The molecule has 1 fully saturated rings. The maximum atomic E-state index is 12.4. The number of aryl methyl sites for hydroxylation is 1. The van der Waals surface area contributed by atoms with Crippen LogP contribution in [0.5, 0.6) is 0 Å². The van der Waals surface area contributed by atoms with Crippen LogP contribution >= 0.6 is 0 Å². The standard InChI is InChI=1S/C24H21N5O2S/c1-28-15-27-22-7-6-17(12-23(22)28)21-14-26-24-20(21)11-18(13-25-24)16-4-2-5-19(10-16)29-8-3-9-32(29,30)31/h2,4-7,10-15H,3,8-9H2,1H3,(H,25,26). The van der Waals surface area contributed by atoms with E-state index in [-0.39, 0.29) is 5.75 Å². The molecule has 0 atom stereocenters. The van der Waals surface area contributed by atoms with E-state index in [0.717, 1.165) is 44.3 Å². The van der Waals surface area contributed by atoms with Crippen molar-refractivity contribution in [3.63, 3.8) is 0 Å². The average molecular weight is 444 g/mol. The van der Waals surface area contributed by atoms with E-state index in [9.17, 15) is 8.42 Å². The number of hydrogen-bond donors (Lipinski definition) is 1. The third-order valence-corrected chi connectivity index (χ3v) is 8.00. The number of rotatable bonds is 3. The van der Waals surface area contributed by atoms with Gasteiger partial charge < -0.3 is 9.55 Å². The largest absolute Gasteiger partial charge is 0.346 e. The number of H-pyrrole nitrogens is 1. The zero-order valence-electron chi connectivity index (χ0n) is 17.5. The second-order valence-electron chi connectivity index (χ2n) is 8.17.